The molecule has 0 fully saturated rings. The van der Waals surface area contributed by atoms with Crippen LogP contribution in [0.25, 0.3) is 76.6 Å². The minimum atomic E-state index is 0.839. The number of rotatable bonds is 5. The Morgan fingerprint density at radius 3 is 1.96 bits per heavy atom. The largest absolute Gasteiger partial charge is 0.456 e. The van der Waals surface area contributed by atoms with Crippen molar-refractivity contribution in [3.05, 3.63) is 182 Å². The topological polar surface area (TPSA) is 29.3 Å². The molecular formula is C47H30N2O. The molecule has 8 aromatic carbocycles. The Morgan fingerprint density at radius 2 is 1.06 bits per heavy atom. The zero-order valence-corrected chi connectivity index (χ0v) is 27.1. The Kier molecular flexibility index (Phi) is 6.49. The lowest BCUT2D eigenvalue weighted by Crippen LogP contribution is -2.10. The number of benzene rings is 8. The van der Waals surface area contributed by atoms with Crippen LogP contribution in [-0.4, -0.2) is 4.98 Å². The second-order valence-corrected chi connectivity index (χ2v) is 12.9. The van der Waals surface area contributed by atoms with Crippen molar-refractivity contribution in [2.24, 2.45) is 0 Å². The number of anilines is 3. The smallest absolute Gasteiger partial charge is 0.137 e. The molecule has 0 bridgehead atoms. The van der Waals surface area contributed by atoms with Gasteiger partial charge in [-0.25, -0.2) is 0 Å². The second kappa shape index (κ2) is 11.5. The first kappa shape index (κ1) is 28.3. The monoisotopic (exact) mass is 638 g/mol. The molecule has 3 heteroatoms. The summed E-state index contributed by atoms with van der Waals surface area (Å²) in [5, 5.41) is 8.19. The molecule has 0 unspecified atom stereocenters. The average Bonchev–Trinajstić information content (AvgIpc) is 3.53. The van der Waals surface area contributed by atoms with Crippen LogP contribution in [0.4, 0.5) is 17.1 Å². The first-order valence-corrected chi connectivity index (χ1v) is 16.9. The molecule has 0 saturated carbocycles. The quantitative estimate of drug-likeness (QED) is 0.188. The minimum absolute atomic E-state index is 0.839. The molecule has 0 atom stereocenters. The van der Waals surface area contributed by atoms with Crippen LogP contribution in [0.1, 0.15) is 0 Å². The molecule has 2 aromatic heterocycles. The summed E-state index contributed by atoms with van der Waals surface area (Å²) in [6.07, 6.45) is 1.82. The van der Waals surface area contributed by atoms with Gasteiger partial charge in [0, 0.05) is 45.5 Å². The number of fused-ring (bicyclic) bond motifs is 6. The Bertz CT molecular complexity index is 2900. The van der Waals surface area contributed by atoms with E-state index in [4.69, 9.17) is 4.42 Å². The summed E-state index contributed by atoms with van der Waals surface area (Å²) in [6, 6.07) is 63.0. The lowest BCUT2D eigenvalue weighted by Gasteiger charge is -2.27. The van der Waals surface area contributed by atoms with Crippen LogP contribution in [-0.2, 0) is 0 Å². The maximum Gasteiger partial charge on any atom is 0.137 e. The normalized spacial score (nSPS) is 11.6. The fourth-order valence-electron chi connectivity index (χ4n) is 7.40. The molecule has 3 nitrogen and oxygen atoms in total. The number of nitrogens with zero attached hydrogens (tertiary/aromatic N) is 2. The fraction of sp³-hybridized carbons (Fsp3) is 0. The molecule has 0 spiro atoms. The number of hydrogen-bond acceptors (Lipinski definition) is 3. The summed E-state index contributed by atoms with van der Waals surface area (Å²) >= 11 is 0. The zero-order valence-electron chi connectivity index (χ0n) is 27.1. The molecule has 0 aliphatic rings. The van der Waals surface area contributed by atoms with Gasteiger partial charge >= 0.3 is 0 Å². The van der Waals surface area contributed by atoms with Gasteiger partial charge in [0.15, 0.2) is 0 Å². The van der Waals surface area contributed by atoms with Gasteiger partial charge in [-0.1, -0.05) is 109 Å². The summed E-state index contributed by atoms with van der Waals surface area (Å²) in [4.78, 5) is 6.92. The highest BCUT2D eigenvalue weighted by Crippen LogP contribution is 2.42. The van der Waals surface area contributed by atoms with Crippen LogP contribution in [0.3, 0.4) is 0 Å². The predicted molar refractivity (Wildman–Crippen MR) is 210 cm³/mol. The van der Waals surface area contributed by atoms with Gasteiger partial charge in [0.2, 0.25) is 0 Å². The summed E-state index contributed by atoms with van der Waals surface area (Å²) < 4.78 is 6.38. The van der Waals surface area contributed by atoms with Gasteiger partial charge in [-0.2, -0.15) is 0 Å². The molecule has 0 N–H and O–H groups in total. The van der Waals surface area contributed by atoms with Gasteiger partial charge in [-0.15, -0.1) is 0 Å². The Balaban J connectivity index is 1.17. The highest BCUT2D eigenvalue weighted by Gasteiger charge is 2.18. The Labute approximate surface area is 289 Å². The van der Waals surface area contributed by atoms with Gasteiger partial charge < -0.3 is 9.32 Å². The van der Waals surface area contributed by atoms with Crippen molar-refractivity contribution >= 4 is 71.4 Å². The number of hydrogen-bond donors (Lipinski definition) is 0. The lowest BCUT2D eigenvalue weighted by atomic mass is 9.97. The van der Waals surface area contributed by atoms with Crippen molar-refractivity contribution in [3.63, 3.8) is 0 Å². The van der Waals surface area contributed by atoms with Crippen molar-refractivity contribution in [2.45, 2.75) is 0 Å². The van der Waals surface area contributed by atoms with Gasteiger partial charge in [-0.05, 0) is 104 Å². The molecule has 234 valence electrons. The maximum absolute atomic E-state index is 6.38. The molecule has 0 aliphatic carbocycles. The van der Waals surface area contributed by atoms with E-state index in [9.17, 15) is 0 Å². The first-order valence-electron chi connectivity index (χ1n) is 16.9. The Hall–Kier alpha value is -6.71. The van der Waals surface area contributed by atoms with Crippen LogP contribution < -0.4 is 4.90 Å². The Morgan fingerprint density at radius 1 is 0.380 bits per heavy atom. The van der Waals surface area contributed by atoms with Crippen LogP contribution in [0.15, 0.2) is 187 Å². The SMILES string of the molecule is c1cc(-c2ccc3ccccc3c2)cc(N(c2cccc(-c3cccc4ccccc34)c2)c2ccc3oc4cc5ncccc5cc4c3c2)c1. The van der Waals surface area contributed by atoms with Crippen LogP contribution in [0.5, 0.6) is 0 Å². The second-order valence-electron chi connectivity index (χ2n) is 12.9. The van der Waals surface area contributed by atoms with Crippen LogP contribution in [0, 0.1) is 0 Å². The predicted octanol–water partition coefficient (Wildman–Crippen LogP) is 13.2. The number of pyridine rings is 1. The van der Waals surface area contributed by atoms with E-state index in [1.54, 1.807) is 0 Å². The van der Waals surface area contributed by atoms with Gasteiger partial charge in [0.05, 0.1) is 5.52 Å². The van der Waals surface area contributed by atoms with E-state index in [-0.39, 0.29) is 0 Å². The third-order valence-electron chi connectivity index (χ3n) is 9.83. The minimum Gasteiger partial charge on any atom is -0.456 e. The van der Waals surface area contributed by atoms with Crippen molar-refractivity contribution in [2.75, 3.05) is 4.90 Å². The summed E-state index contributed by atoms with van der Waals surface area (Å²) in [6.45, 7) is 0. The van der Waals surface area contributed by atoms with Gasteiger partial charge in [0.1, 0.15) is 11.2 Å². The van der Waals surface area contributed by atoms with Crippen molar-refractivity contribution in [1.29, 1.82) is 0 Å². The van der Waals surface area contributed by atoms with Crippen molar-refractivity contribution in [3.8, 4) is 22.3 Å². The first-order chi connectivity index (χ1) is 24.7. The summed E-state index contributed by atoms with van der Waals surface area (Å²) in [5.41, 5.74) is 10.6. The van der Waals surface area contributed by atoms with Gasteiger partial charge in [-0.3, -0.25) is 4.98 Å². The molecule has 0 aliphatic heterocycles. The van der Waals surface area contributed by atoms with Gasteiger partial charge in [0.25, 0.3) is 0 Å². The zero-order chi connectivity index (χ0) is 33.0. The summed E-state index contributed by atoms with van der Waals surface area (Å²) in [5.74, 6) is 0. The molecule has 10 rings (SSSR count). The third-order valence-corrected chi connectivity index (χ3v) is 9.83. The molecule has 10 aromatic rings. The molecule has 2 heterocycles. The van der Waals surface area contributed by atoms with E-state index in [0.29, 0.717) is 0 Å². The van der Waals surface area contributed by atoms with Crippen LogP contribution in [0.2, 0.25) is 0 Å². The van der Waals surface area contributed by atoms with Crippen molar-refractivity contribution in [1.82, 2.24) is 4.98 Å². The number of aromatic nitrogens is 1. The lowest BCUT2D eigenvalue weighted by molar-refractivity contribution is 0.669. The molecule has 50 heavy (non-hydrogen) atoms. The molecule has 0 saturated heterocycles. The van der Waals surface area contributed by atoms with E-state index in [1.165, 1.54) is 38.2 Å². The summed E-state index contributed by atoms with van der Waals surface area (Å²) in [7, 11) is 0. The highest BCUT2D eigenvalue weighted by atomic mass is 16.3. The molecule has 0 radical (unpaired) electrons. The molecule has 0 amide bonds. The van der Waals surface area contributed by atoms with E-state index in [0.717, 1.165) is 55.5 Å². The van der Waals surface area contributed by atoms with Crippen LogP contribution >= 0.6 is 0 Å². The maximum atomic E-state index is 6.38. The van der Waals surface area contributed by atoms with E-state index in [2.05, 4.69) is 174 Å². The van der Waals surface area contributed by atoms with E-state index >= 15 is 0 Å². The fourth-order valence-corrected chi connectivity index (χ4v) is 7.40. The van der Waals surface area contributed by atoms with E-state index in [1.807, 2.05) is 18.3 Å². The highest BCUT2D eigenvalue weighted by molar-refractivity contribution is 6.10. The van der Waals surface area contributed by atoms with Crippen molar-refractivity contribution < 1.29 is 4.42 Å². The van der Waals surface area contributed by atoms with E-state index < -0.39 is 0 Å². The average molecular weight is 639 g/mol. The number of furan rings is 1. The third kappa shape index (κ3) is 4.79. The molecular weight excluding hydrogens is 609 g/mol. The standard InChI is InChI=1S/C47H30N2O/c1-2-11-33-25-35(21-20-31(33)9-1)34-13-5-16-38(26-34)49(39-17-6-14-36(27-39)42-19-7-12-32-10-3-4-18-41(32)42)40-22-23-46-44(29-40)43-28-37-15-8-24-48-45(37)30-47(43)50-46/h1-30H.